The molecule has 0 amide bonds. The van der Waals surface area contributed by atoms with Crippen molar-refractivity contribution in [3.05, 3.63) is 41.2 Å². The third kappa shape index (κ3) is 4.19. The minimum absolute atomic E-state index is 0.121. The van der Waals surface area contributed by atoms with Gasteiger partial charge in [-0.05, 0) is 25.0 Å². The average molecular weight is 238 g/mol. The molecule has 0 radical (unpaired) electrons. The summed E-state index contributed by atoms with van der Waals surface area (Å²) < 4.78 is 13.4. The van der Waals surface area contributed by atoms with Crippen molar-refractivity contribution >= 4 is 23.0 Å². The van der Waals surface area contributed by atoms with Gasteiger partial charge in [-0.15, -0.1) is 0 Å². The molecule has 0 fully saturated rings. The highest BCUT2D eigenvalue weighted by atomic mass is 32.2. The highest BCUT2D eigenvalue weighted by molar-refractivity contribution is 8.13. The molecule has 0 aliphatic rings. The van der Waals surface area contributed by atoms with E-state index in [0.29, 0.717) is 5.56 Å². The number of benzene rings is 1. The Balaban J connectivity index is 2.53. The maximum atomic E-state index is 13.4. The third-order valence-corrected chi connectivity index (χ3v) is 2.99. The number of hydrogen-bond donors (Lipinski definition) is 0. The fraction of sp³-hybridized carbons (Fsp3) is 0.308. The van der Waals surface area contributed by atoms with Gasteiger partial charge in [0.2, 0.25) is 0 Å². The van der Waals surface area contributed by atoms with Crippen LogP contribution in [0, 0.1) is 12.7 Å². The Hall–Kier alpha value is -1.09. The van der Waals surface area contributed by atoms with Crippen LogP contribution in [0.15, 0.2) is 24.3 Å². The summed E-state index contributed by atoms with van der Waals surface area (Å²) in [5, 5.41) is 0.121. The number of aryl methyl sites for hydroxylation is 1. The van der Waals surface area contributed by atoms with E-state index in [0.717, 1.165) is 17.7 Å². The minimum Gasteiger partial charge on any atom is -0.288 e. The molecule has 0 heterocycles. The molecule has 1 aromatic rings. The molecule has 0 bridgehead atoms. The van der Waals surface area contributed by atoms with E-state index in [1.165, 1.54) is 17.8 Å². The molecule has 0 aliphatic carbocycles. The molecule has 0 saturated heterocycles. The smallest absolute Gasteiger partial charge is 0.185 e. The van der Waals surface area contributed by atoms with Crippen LogP contribution in [-0.2, 0) is 4.79 Å². The van der Waals surface area contributed by atoms with Crippen LogP contribution in [0.25, 0.3) is 6.08 Å². The molecule has 0 spiro atoms. The lowest BCUT2D eigenvalue weighted by atomic mass is 10.1. The second-order valence-corrected chi connectivity index (χ2v) is 4.77. The molecule has 0 atom stereocenters. The van der Waals surface area contributed by atoms with E-state index in [9.17, 15) is 9.18 Å². The predicted molar refractivity (Wildman–Crippen MR) is 67.9 cm³/mol. The van der Waals surface area contributed by atoms with Gasteiger partial charge < -0.3 is 0 Å². The molecule has 1 rings (SSSR count). The Morgan fingerprint density at radius 2 is 2.25 bits per heavy atom. The summed E-state index contributed by atoms with van der Waals surface area (Å²) in [6, 6.07) is 5.04. The first kappa shape index (κ1) is 13.0. The lowest BCUT2D eigenvalue weighted by molar-refractivity contribution is -0.109. The zero-order valence-electron chi connectivity index (χ0n) is 9.50. The predicted octanol–water partition coefficient (Wildman–Crippen LogP) is 3.82. The Morgan fingerprint density at radius 1 is 1.50 bits per heavy atom. The SMILES string of the molecule is CC(=O)SCCC=Cc1c(C)cccc1F. The lowest BCUT2D eigenvalue weighted by Crippen LogP contribution is -1.87. The maximum absolute atomic E-state index is 13.4. The number of halogens is 1. The van der Waals surface area contributed by atoms with E-state index in [4.69, 9.17) is 0 Å². The van der Waals surface area contributed by atoms with Crippen molar-refractivity contribution in [3.8, 4) is 0 Å². The molecule has 3 heteroatoms. The molecule has 0 N–H and O–H groups in total. The van der Waals surface area contributed by atoms with Gasteiger partial charge in [0.1, 0.15) is 5.82 Å². The summed E-state index contributed by atoms with van der Waals surface area (Å²) in [7, 11) is 0. The van der Waals surface area contributed by atoms with E-state index in [1.807, 2.05) is 19.1 Å². The van der Waals surface area contributed by atoms with E-state index in [2.05, 4.69) is 0 Å². The van der Waals surface area contributed by atoms with E-state index >= 15 is 0 Å². The highest BCUT2D eigenvalue weighted by Crippen LogP contribution is 2.15. The monoisotopic (exact) mass is 238 g/mol. The Labute approximate surface area is 99.7 Å². The standard InChI is InChI=1S/C13H15FOS/c1-10-6-5-8-13(14)12(10)7-3-4-9-16-11(2)15/h3,5-8H,4,9H2,1-2H3. The van der Waals surface area contributed by atoms with Crippen molar-refractivity contribution in [2.75, 3.05) is 5.75 Å². The van der Waals surface area contributed by atoms with Crippen molar-refractivity contribution < 1.29 is 9.18 Å². The molecular formula is C13H15FOS. The summed E-state index contributed by atoms with van der Waals surface area (Å²) in [6.07, 6.45) is 4.46. The van der Waals surface area contributed by atoms with Gasteiger partial charge in [-0.2, -0.15) is 0 Å². The summed E-state index contributed by atoms with van der Waals surface area (Å²) in [5.74, 6) is 0.551. The van der Waals surface area contributed by atoms with Gasteiger partial charge in [-0.3, -0.25) is 4.79 Å². The molecule has 0 saturated carbocycles. The van der Waals surface area contributed by atoms with Crippen LogP contribution < -0.4 is 0 Å². The first-order chi connectivity index (χ1) is 7.61. The molecule has 0 aromatic heterocycles. The fourth-order valence-corrected chi connectivity index (χ4v) is 1.87. The zero-order valence-corrected chi connectivity index (χ0v) is 10.3. The molecular weight excluding hydrogens is 223 g/mol. The third-order valence-electron chi connectivity index (χ3n) is 2.15. The number of carbonyl (C=O) groups is 1. The van der Waals surface area contributed by atoms with Crippen LogP contribution in [0.5, 0.6) is 0 Å². The van der Waals surface area contributed by atoms with E-state index in [-0.39, 0.29) is 10.9 Å². The molecule has 86 valence electrons. The van der Waals surface area contributed by atoms with Crippen LogP contribution in [0.4, 0.5) is 4.39 Å². The van der Waals surface area contributed by atoms with Crippen LogP contribution in [0.1, 0.15) is 24.5 Å². The molecule has 0 unspecified atom stereocenters. The summed E-state index contributed by atoms with van der Waals surface area (Å²) in [5.41, 5.74) is 1.56. The van der Waals surface area contributed by atoms with Gasteiger partial charge >= 0.3 is 0 Å². The van der Waals surface area contributed by atoms with Crippen LogP contribution in [-0.4, -0.2) is 10.9 Å². The second-order valence-electron chi connectivity index (χ2n) is 3.50. The van der Waals surface area contributed by atoms with Gasteiger partial charge in [0.15, 0.2) is 5.12 Å². The topological polar surface area (TPSA) is 17.1 Å². The van der Waals surface area contributed by atoms with Gasteiger partial charge in [0.05, 0.1) is 0 Å². The van der Waals surface area contributed by atoms with Crippen molar-refractivity contribution in [2.24, 2.45) is 0 Å². The van der Waals surface area contributed by atoms with Crippen LogP contribution >= 0.6 is 11.8 Å². The number of thioether (sulfide) groups is 1. The fourth-order valence-electron chi connectivity index (χ4n) is 1.33. The maximum Gasteiger partial charge on any atom is 0.185 e. The number of allylic oxidation sites excluding steroid dienone is 1. The zero-order chi connectivity index (χ0) is 12.0. The van der Waals surface area contributed by atoms with Crippen molar-refractivity contribution in [1.82, 2.24) is 0 Å². The van der Waals surface area contributed by atoms with E-state index in [1.54, 1.807) is 19.1 Å². The Kier molecular flexibility index (Phi) is 5.26. The largest absolute Gasteiger partial charge is 0.288 e. The van der Waals surface area contributed by atoms with Crippen molar-refractivity contribution in [1.29, 1.82) is 0 Å². The summed E-state index contributed by atoms with van der Waals surface area (Å²) >= 11 is 1.29. The van der Waals surface area contributed by atoms with Crippen LogP contribution in [0.3, 0.4) is 0 Å². The molecule has 1 aromatic carbocycles. The van der Waals surface area contributed by atoms with Crippen molar-refractivity contribution in [3.63, 3.8) is 0 Å². The number of carbonyl (C=O) groups excluding carboxylic acids is 1. The van der Waals surface area contributed by atoms with Crippen molar-refractivity contribution in [2.45, 2.75) is 20.3 Å². The number of rotatable bonds is 4. The first-order valence-corrected chi connectivity index (χ1v) is 6.15. The summed E-state index contributed by atoms with van der Waals surface area (Å²) in [6.45, 7) is 3.43. The molecule has 0 aliphatic heterocycles. The van der Waals surface area contributed by atoms with E-state index < -0.39 is 0 Å². The first-order valence-electron chi connectivity index (χ1n) is 5.16. The molecule has 16 heavy (non-hydrogen) atoms. The quantitative estimate of drug-likeness (QED) is 0.742. The number of hydrogen-bond acceptors (Lipinski definition) is 2. The minimum atomic E-state index is -0.199. The highest BCUT2D eigenvalue weighted by Gasteiger charge is 2.00. The average Bonchev–Trinajstić information content (AvgIpc) is 2.21. The summed E-state index contributed by atoms with van der Waals surface area (Å²) in [4.78, 5) is 10.7. The van der Waals surface area contributed by atoms with Gasteiger partial charge in [0, 0.05) is 18.2 Å². The lowest BCUT2D eigenvalue weighted by Gasteiger charge is -2.01. The Morgan fingerprint density at radius 3 is 2.88 bits per heavy atom. The van der Waals surface area contributed by atoms with Gasteiger partial charge in [-0.25, -0.2) is 4.39 Å². The molecule has 1 nitrogen and oxygen atoms in total. The normalized spacial score (nSPS) is 10.9. The Bertz CT molecular complexity index is 379. The van der Waals surface area contributed by atoms with Crippen LogP contribution in [0.2, 0.25) is 0 Å². The second kappa shape index (κ2) is 6.48. The van der Waals surface area contributed by atoms with Gasteiger partial charge in [-0.1, -0.05) is 36.0 Å². The van der Waals surface area contributed by atoms with Gasteiger partial charge in [0.25, 0.3) is 0 Å².